The van der Waals surface area contributed by atoms with Crippen molar-refractivity contribution in [1.82, 2.24) is 15.0 Å². The molecule has 0 amide bonds. The molecule has 1 aromatic heterocycles. The van der Waals surface area contributed by atoms with Crippen LogP contribution in [0.5, 0.6) is 0 Å². The molecule has 0 radical (unpaired) electrons. The quantitative estimate of drug-likeness (QED) is 0.790. The van der Waals surface area contributed by atoms with E-state index in [0.717, 1.165) is 38.0 Å². The molecule has 0 atom stereocenters. The van der Waals surface area contributed by atoms with Gasteiger partial charge in [0, 0.05) is 18.0 Å². The number of ether oxygens (including phenoxy) is 1. The van der Waals surface area contributed by atoms with E-state index in [0.29, 0.717) is 11.5 Å². The molecule has 0 N–H and O–H groups in total. The van der Waals surface area contributed by atoms with Gasteiger partial charge in [-0.2, -0.15) is 4.98 Å². The summed E-state index contributed by atoms with van der Waals surface area (Å²) < 4.78 is 10.9. The molecule has 5 heteroatoms. The lowest BCUT2D eigenvalue weighted by Crippen LogP contribution is -2.46. The predicted molar refractivity (Wildman–Crippen MR) is 59.5 cm³/mol. The minimum absolute atomic E-state index is 0.298. The van der Waals surface area contributed by atoms with Crippen LogP contribution in [0.15, 0.2) is 4.52 Å². The van der Waals surface area contributed by atoms with Crippen molar-refractivity contribution in [3.8, 4) is 0 Å². The third kappa shape index (κ3) is 1.77. The fraction of sp³-hybridized carbons (Fsp3) is 0.833. The Kier molecular flexibility index (Phi) is 2.08. The van der Waals surface area contributed by atoms with Crippen LogP contribution in [0.2, 0.25) is 0 Å². The van der Waals surface area contributed by atoms with Crippen LogP contribution >= 0.6 is 0 Å². The van der Waals surface area contributed by atoms with Gasteiger partial charge in [0.25, 0.3) is 0 Å². The standard InChI is InChI=1S/C12H17N3O2/c1-2-9(1)11-13-10(17-14-11)7-15-5-6-16-8-12(15)3-4-12/h9H,1-8H2. The predicted octanol–water partition coefficient (Wildman–Crippen LogP) is 1.31. The van der Waals surface area contributed by atoms with E-state index < -0.39 is 0 Å². The first-order valence-corrected chi connectivity index (χ1v) is 6.51. The van der Waals surface area contributed by atoms with Crippen LogP contribution in [0.25, 0.3) is 0 Å². The van der Waals surface area contributed by atoms with E-state index in [2.05, 4.69) is 15.0 Å². The van der Waals surface area contributed by atoms with Gasteiger partial charge in [0.15, 0.2) is 5.82 Å². The topological polar surface area (TPSA) is 51.4 Å². The highest BCUT2D eigenvalue weighted by Crippen LogP contribution is 2.44. The minimum atomic E-state index is 0.298. The molecular weight excluding hydrogens is 218 g/mol. The normalized spacial score (nSPS) is 27.5. The smallest absolute Gasteiger partial charge is 0.240 e. The van der Waals surface area contributed by atoms with Crippen LogP contribution in [0.4, 0.5) is 0 Å². The van der Waals surface area contributed by atoms with Gasteiger partial charge in [-0.25, -0.2) is 0 Å². The van der Waals surface area contributed by atoms with E-state index >= 15 is 0 Å². The van der Waals surface area contributed by atoms with Gasteiger partial charge >= 0.3 is 0 Å². The second-order valence-electron chi connectivity index (χ2n) is 5.52. The lowest BCUT2D eigenvalue weighted by Gasteiger charge is -2.34. The van der Waals surface area contributed by atoms with E-state index in [1.54, 1.807) is 0 Å². The maximum atomic E-state index is 5.56. The zero-order valence-electron chi connectivity index (χ0n) is 9.89. The van der Waals surface area contributed by atoms with Crippen molar-refractivity contribution in [2.45, 2.75) is 43.7 Å². The first-order chi connectivity index (χ1) is 8.36. The Balaban J connectivity index is 1.47. The molecule has 2 saturated carbocycles. The van der Waals surface area contributed by atoms with Crippen LogP contribution in [0, 0.1) is 0 Å². The summed E-state index contributed by atoms with van der Waals surface area (Å²) >= 11 is 0. The van der Waals surface area contributed by atoms with E-state index in [-0.39, 0.29) is 0 Å². The van der Waals surface area contributed by atoms with Crippen molar-refractivity contribution in [1.29, 1.82) is 0 Å². The fourth-order valence-corrected chi connectivity index (χ4v) is 2.62. The first-order valence-electron chi connectivity index (χ1n) is 6.51. The molecule has 0 aromatic carbocycles. The number of hydrogen-bond acceptors (Lipinski definition) is 5. The monoisotopic (exact) mass is 235 g/mol. The largest absolute Gasteiger partial charge is 0.378 e. The number of morpholine rings is 1. The number of hydrogen-bond donors (Lipinski definition) is 0. The van der Waals surface area contributed by atoms with Crippen LogP contribution in [0.3, 0.4) is 0 Å². The van der Waals surface area contributed by atoms with Gasteiger partial charge < -0.3 is 9.26 Å². The Labute approximate surface area is 100 Å². The summed E-state index contributed by atoms with van der Waals surface area (Å²) in [4.78, 5) is 6.96. The molecule has 0 unspecified atom stereocenters. The zero-order valence-corrected chi connectivity index (χ0v) is 9.89. The molecule has 3 fully saturated rings. The first kappa shape index (κ1) is 10.0. The zero-order chi connectivity index (χ0) is 11.3. The van der Waals surface area contributed by atoms with E-state index in [9.17, 15) is 0 Å². The third-order valence-electron chi connectivity index (χ3n) is 4.13. The van der Waals surface area contributed by atoms with Gasteiger partial charge in [-0.1, -0.05) is 5.16 Å². The van der Waals surface area contributed by atoms with Crippen molar-refractivity contribution in [2.24, 2.45) is 0 Å². The van der Waals surface area contributed by atoms with E-state index in [1.807, 2.05) is 0 Å². The highest BCUT2D eigenvalue weighted by Gasteiger charge is 2.50. The molecule has 1 aliphatic heterocycles. The Bertz CT molecular complexity index is 423. The Morgan fingerprint density at radius 2 is 2.24 bits per heavy atom. The van der Waals surface area contributed by atoms with Gasteiger partial charge in [-0.05, 0) is 25.7 Å². The Morgan fingerprint density at radius 1 is 1.35 bits per heavy atom. The highest BCUT2D eigenvalue weighted by molar-refractivity contribution is 5.07. The fourth-order valence-electron chi connectivity index (χ4n) is 2.62. The highest BCUT2D eigenvalue weighted by atomic mass is 16.5. The second-order valence-corrected chi connectivity index (χ2v) is 5.52. The van der Waals surface area contributed by atoms with E-state index in [4.69, 9.17) is 9.26 Å². The van der Waals surface area contributed by atoms with Crippen LogP contribution < -0.4 is 0 Å². The average molecular weight is 235 g/mol. The average Bonchev–Trinajstić information content (AvgIpc) is 3.26. The van der Waals surface area contributed by atoms with E-state index in [1.165, 1.54) is 25.7 Å². The molecule has 1 spiro atoms. The molecule has 2 heterocycles. The van der Waals surface area contributed by atoms with Crippen LogP contribution in [-0.4, -0.2) is 40.3 Å². The molecule has 5 nitrogen and oxygen atoms in total. The molecule has 0 bridgehead atoms. The van der Waals surface area contributed by atoms with Crippen LogP contribution in [-0.2, 0) is 11.3 Å². The van der Waals surface area contributed by atoms with Gasteiger partial charge in [0.1, 0.15) is 0 Å². The van der Waals surface area contributed by atoms with Gasteiger partial charge in [-0.3, -0.25) is 4.90 Å². The third-order valence-corrected chi connectivity index (χ3v) is 4.13. The molecule has 1 saturated heterocycles. The molecule has 1 aromatic rings. The van der Waals surface area contributed by atoms with Crippen molar-refractivity contribution >= 4 is 0 Å². The number of nitrogens with zero attached hydrogens (tertiary/aromatic N) is 3. The number of rotatable bonds is 3. The minimum Gasteiger partial charge on any atom is -0.378 e. The summed E-state index contributed by atoms with van der Waals surface area (Å²) in [5.41, 5.74) is 0.298. The SMILES string of the molecule is C1CN(Cc2nc(C3CC3)no2)C2(CC2)CO1. The molecule has 3 aliphatic rings. The summed E-state index contributed by atoms with van der Waals surface area (Å²) in [6.07, 6.45) is 4.94. The molecular formula is C12H17N3O2. The Morgan fingerprint density at radius 3 is 3.00 bits per heavy atom. The Hall–Kier alpha value is -0.940. The van der Waals surface area contributed by atoms with Crippen molar-refractivity contribution in [3.05, 3.63) is 11.7 Å². The molecule has 2 aliphatic carbocycles. The van der Waals surface area contributed by atoms with Crippen molar-refractivity contribution in [2.75, 3.05) is 19.8 Å². The molecule has 4 rings (SSSR count). The molecule has 17 heavy (non-hydrogen) atoms. The maximum Gasteiger partial charge on any atom is 0.240 e. The second kappa shape index (κ2) is 3.53. The summed E-state index contributed by atoms with van der Waals surface area (Å²) in [6.45, 7) is 3.48. The van der Waals surface area contributed by atoms with Gasteiger partial charge in [-0.15, -0.1) is 0 Å². The lowest BCUT2D eigenvalue weighted by atomic mass is 10.2. The van der Waals surface area contributed by atoms with Gasteiger partial charge in [0.2, 0.25) is 5.89 Å². The molecule has 92 valence electrons. The van der Waals surface area contributed by atoms with Crippen molar-refractivity contribution < 1.29 is 9.26 Å². The van der Waals surface area contributed by atoms with Gasteiger partial charge in [0.05, 0.1) is 19.8 Å². The lowest BCUT2D eigenvalue weighted by molar-refractivity contribution is -0.0284. The summed E-state index contributed by atoms with van der Waals surface area (Å²) in [7, 11) is 0. The number of aromatic nitrogens is 2. The van der Waals surface area contributed by atoms with Crippen LogP contribution in [0.1, 0.15) is 43.3 Å². The maximum absolute atomic E-state index is 5.56. The summed E-state index contributed by atoms with van der Waals surface area (Å²) in [5.74, 6) is 2.27. The van der Waals surface area contributed by atoms with Crippen molar-refractivity contribution in [3.63, 3.8) is 0 Å². The summed E-state index contributed by atoms with van der Waals surface area (Å²) in [5, 5.41) is 4.07. The summed E-state index contributed by atoms with van der Waals surface area (Å²) in [6, 6.07) is 0.